The van der Waals surface area contributed by atoms with Gasteiger partial charge in [0.15, 0.2) is 0 Å². The molecule has 9 heteroatoms. The zero-order valence-corrected chi connectivity index (χ0v) is 16.3. The number of fused-ring (bicyclic) bond motifs is 1. The van der Waals surface area contributed by atoms with E-state index < -0.39 is 17.3 Å². The van der Waals surface area contributed by atoms with Gasteiger partial charge in [0, 0.05) is 17.4 Å². The van der Waals surface area contributed by atoms with Crippen molar-refractivity contribution in [2.45, 2.75) is 25.9 Å². The van der Waals surface area contributed by atoms with Crippen molar-refractivity contribution in [2.24, 2.45) is 10.7 Å². The molecular formula is C21H18FN7O. The van der Waals surface area contributed by atoms with Gasteiger partial charge in [-0.3, -0.25) is 9.79 Å². The van der Waals surface area contributed by atoms with Crippen molar-refractivity contribution in [3.63, 3.8) is 0 Å². The summed E-state index contributed by atoms with van der Waals surface area (Å²) in [6.07, 6.45) is 4.58. The lowest BCUT2D eigenvalue weighted by Crippen LogP contribution is -2.37. The minimum absolute atomic E-state index is 0.159. The molecule has 1 aliphatic rings. The van der Waals surface area contributed by atoms with Crippen molar-refractivity contribution in [3.05, 3.63) is 76.9 Å². The molecule has 2 aromatic heterocycles. The van der Waals surface area contributed by atoms with E-state index in [1.54, 1.807) is 32.4 Å². The van der Waals surface area contributed by atoms with E-state index >= 15 is 0 Å². The van der Waals surface area contributed by atoms with Crippen LogP contribution in [0.3, 0.4) is 0 Å². The number of nitrogens with one attached hydrogen (secondary N) is 1. The van der Waals surface area contributed by atoms with Gasteiger partial charge < -0.3 is 15.6 Å². The average Bonchev–Trinajstić information content (AvgIpc) is 3.17. The van der Waals surface area contributed by atoms with Gasteiger partial charge in [0.05, 0.1) is 24.6 Å². The van der Waals surface area contributed by atoms with Crippen molar-refractivity contribution in [2.75, 3.05) is 5.32 Å². The molecular weight excluding hydrogens is 385 g/mol. The molecule has 3 aromatic rings. The summed E-state index contributed by atoms with van der Waals surface area (Å²) in [4.78, 5) is 25.2. The third-order valence-corrected chi connectivity index (χ3v) is 5.09. The van der Waals surface area contributed by atoms with Crippen LogP contribution in [0, 0.1) is 24.1 Å². The van der Waals surface area contributed by atoms with Gasteiger partial charge >= 0.3 is 0 Å². The summed E-state index contributed by atoms with van der Waals surface area (Å²) in [5.74, 6) is -0.649. The zero-order chi connectivity index (χ0) is 21.5. The van der Waals surface area contributed by atoms with Crippen molar-refractivity contribution in [1.82, 2.24) is 14.5 Å². The Kier molecular flexibility index (Phi) is 4.54. The molecule has 1 atom stereocenters. The molecule has 0 radical (unpaired) electrons. The molecule has 1 amide bonds. The lowest BCUT2D eigenvalue weighted by Gasteiger charge is -2.32. The van der Waals surface area contributed by atoms with Gasteiger partial charge in [0.25, 0.3) is 5.91 Å². The quantitative estimate of drug-likeness (QED) is 0.696. The number of carbonyl (C=O) groups excluding carboxylic acids is 1. The van der Waals surface area contributed by atoms with Crippen LogP contribution in [0.4, 0.5) is 10.1 Å². The molecule has 8 nitrogen and oxygen atoms in total. The Balaban J connectivity index is 1.64. The van der Waals surface area contributed by atoms with Gasteiger partial charge in [-0.1, -0.05) is 0 Å². The van der Waals surface area contributed by atoms with Crippen LogP contribution in [-0.2, 0) is 12.1 Å². The fourth-order valence-corrected chi connectivity index (χ4v) is 3.50. The number of hydrogen-bond acceptors (Lipinski definition) is 6. The molecule has 150 valence electrons. The number of benzene rings is 1. The zero-order valence-electron chi connectivity index (χ0n) is 16.3. The molecule has 30 heavy (non-hydrogen) atoms. The molecule has 0 bridgehead atoms. The highest BCUT2D eigenvalue weighted by Gasteiger charge is 2.34. The van der Waals surface area contributed by atoms with E-state index in [0.717, 1.165) is 0 Å². The normalized spacial score (nSPS) is 17.6. The third kappa shape index (κ3) is 3.28. The number of anilines is 1. The van der Waals surface area contributed by atoms with Crippen LogP contribution in [0.2, 0.25) is 0 Å². The van der Waals surface area contributed by atoms with Gasteiger partial charge in [-0.2, -0.15) is 5.26 Å². The van der Waals surface area contributed by atoms with Crippen molar-refractivity contribution < 1.29 is 9.18 Å². The number of aromatic nitrogens is 3. The summed E-state index contributed by atoms with van der Waals surface area (Å²) >= 11 is 0. The largest absolute Gasteiger partial charge is 0.382 e. The number of hydrogen-bond donors (Lipinski definition) is 2. The molecule has 0 aliphatic carbocycles. The SMILES string of the molecule is Cc1cc(C(=O)Nc2ccc(F)c([C@]3(C)Cn4cncc4C(N)=N3)c2)ncc1C#N. The van der Waals surface area contributed by atoms with Crippen molar-refractivity contribution in [3.8, 4) is 6.07 Å². The molecule has 1 aromatic carbocycles. The number of amides is 1. The van der Waals surface area contributed by atoms with Crippen LogP contribution in [-0.4, -0.2) is 26.3 Å². The first kappa shape index (κ1) is 19.3. The summed E-state index contributed by atoms with van der Waals surface area (Å²) in [5.41, 5.74) is 7.66. The monoisotopic (exact) mass is 403 g/mol. The van der Waals surface area contributed by atoms with E-state index in [0.29, 0.717) is 34.6 Å². The molecule has 0 saturated heterocycles. The fraction of sp³-hybridized carbons (Fsp3) is 0.190. The molecule has 4 rings (SSSR count). The standard InChI is InChI=1S/C21H18FN7O/c1-12-5-17(26-8-13(12)7-23)20(30)27-14-3-4-16(22)15(6-14)21(2)10-29-11-25-9-18(29)19(24)28-21/h3-6,8-9,11H,10H2,1-2H3,(H2,24,28)(H,27,30)/t21-/m0/s1. The van der Waals surface area contributed by atoms with E-state index in [4.69, 9.17) is 11.0 Å². The van der Waals surface area contributed by atoms with E-state index in [1.165, 1.54) is 24.4 Å². The molecule has 0 fully saturated rings. The number of aryl methyl sites for hydroxylation is 1. The minimum atomic E-state index is -0.966. The maximum absolute atomic E-state index is 14.7. The fourth-order valence-electron chi connectivity index (χ4n) is 3.50. The highest BCUT2D eigenvalue weighted by atomic mass is 19.1. The molecule has 3 N–H and O–H groups in total. The van der Waals surface area contributed by atoms with Crippen LogP contribution in [0.5, 0.6) is 0 Å². The second kappa shape index (κ2) is 7.08. The maximum Gasteiger partial charge on any atom is 0.274 e. The second-order valence-electron chi connectivity index (χ2n) is 7.32. The van der Waals surface area contributed by atoms with Crippen LogP contribution < -0.4 is 11.1 Å². The second-order valence-corrected chi connectivity index (χ2v) is 7.32. The van der Waals surface area contributed by atoms with Gasteiger partial charge in [-0.25, -0.2) is 14.4 Å². The van der Waals surface area contributed by atoms with E-state index in [2.05, 4.69) is 20.3 Å². The minimum Gasteiger partial charge on any atom is -0.382 e. The van der Waals surface area contributed by atoms with Crippen LogP contribution in [0.1, 0.15) is 39.8 Å². The topological polar surface area (TPSA) is 122 Å². The number of carbonyl (C=O) groups is 1. The molecule has 3 heterocycles. The Morgan fingerprint density at radius 2 is 2.17 bits per heavy atom. The predicted molar refractivity (Wildman–Crippen MR) is 108 cm³/mol. The summed E-state index contributed by atoms with van der Waals surface area (Å²) in [6.45, 7) is 3.86. The van der Waals surface area contributed by atoms with Gasteiger partial charge in [-0.05, 0) is 43.7 Å². The average molecular weight is 403 g/mol. The smallest absolute Gasteiger partial charge is 0.274 e. The maximum atomic E-state index is 14.7. The van der Waals surface area contributed by atoms with E-state index in [9.17, 15) is 9.18 Å². The molecule has 1 aliphatic heterocycles. The third-order valence-electron chi connectivity index (χ3n) is 5.09. The Morgan fingerprint density at radius 1 is 1.37 bits per heavy atom. The van der Waals surface area contributed by atoms with Crippen LogP contribution in [0.25, 0.3) is 0 Å². The van der Waals surface area contributed by atoms with E-state index in [1.807, 2.05) is 10.6 Å². The summed E-state index contributed by atoms with van der Waals surface area (Å²) in [6, 6.07) is 7.84. The highest BCUT2D eigenvalue weighted by Crippen LogP contribution is 2.34. The first-order valence-corrected chi connectivity index (χ1v) is 9.15. The van der Waals surface area contributed by atoms with Gasteiger partial charge in [-0.15, -0.1) is 0 Å². The first-order chi connectivity index (χ1) is 14.3. The number of halogens is 1. The molecule has 0 saturated carbocycles. The van der Waals surface area contributed by atoms with Crippen LogP contribution in [0.15, 0.2) is 48.0 Å². The predicted octanol–water partition coefficient (Wildman–Crippen LogP) is 2.48. The number of aliphatic imine (C=N–C) groups is 1. The Hall–Kier alpha value is -4.06. The lowest BCUT2D eigenvalue weighted by molar-refractivity contribution is 0.102. The number of nitrogens with two attached hydrogens (primary N) is 1. The molecule has 0 unspecified atom stereocenters. The Labute approximate surface area is 171 Å². The Morgan fingerprint density at radius 3 is 2.90 bits per heavy atom. The number of nitriles is 1. The van der Waals surface area contributed by atoms with Crippen molar-refractivity contribution in [1.29, 1.82) is 5.26 Å². The number of imidazole rings is 1. The van der Waals surface area contributed by atoms with Gasteiger partial charge in [0.1, 0.15) is 34.6 Å². The number of rotatable bonds is 3. The number of nitrogens with zero attached hydrogens (tertiary/aromatic N) is 5. The summed E-state index contributed by atoms with van der Waals surface area (Å²) in [5, 5.41) is 11.7. The van der Waals surface area contributed by atoms with Gasteiger partial charge in [0.2, 0.25) is 0 Å². The highest BCUT2D eigenvalue weighted by molar-refractivity contribution is 6.03. The lowest BCUT2D eigenvalue weighted by atomic mass is 9.90. The molecule has 0 spiro atoms. The van der Waals surface area contributed by atoms with Crippen LogP contribution >= 0.6 is 0 Å². The Bertz CT molecular complexity index is 1240. The summed E-state index contributed by atoms with van der Waals surface area (Å²) < 4.78 is 16.6. The van der Waals surface area contributed by atoms with Crippen molar-refractivity contribution >= 4 is 17.4 Å². The number of amidine groups is 1. The number of pyridine rings is 1. The first-order valence-electron chi connectivity index (χ1n) is 9.15. The van der Waals surface area contributed by atoms with E-state index in [-0.39, 0.29) is 11.5 Å². The summed E-state index contributed by atoms with van der Waals surface area (Å²) in [7, 11) is 0.